The van der Waals surface area contributed by atoms with Gasteiger partial charge in [-0.25, -0.2) is 0 Å². The molecule has 140 valence electrons. The molecular formula is C19H21F3N2O2. The van der Waals surface area contributed by atoms with E-state index in [1.807, 2.05) is 18.2 Å². The van der Waals surface area contributed by atoms with Crippen molar-refractivity contribution < 1.29 is 23.1 Å². The Hall–Kier alpha value is -2.38. The van der Waals surface area contributed by atoms with Gasteiger partial charge in [-0.2, -0.15) is 13.2 Å². The minimum atomic E-state index is -4.53. The van der Waals surface area contributed by atoms with Crippen LogP contribution in [0.15, 0.2) is 54.6 Å². The van der Waals surface area contributed by atoms with Gasteiger partial charge in [0.15, 0.2) is 0 Å². The molecule has 0 aromatic heterocycles. The van der Waals surface area contributed by atoms with Gasteiger partial charge in [-0.15, -0.1) is 0 Å². The molecule has 1 amide bonds. The summed E-state index contributed by atoms with van der Waals surface area (Å²) in [6.45, 7) is 1.96. The van der Waals surface area contributed by atoms with E-state index in [1.54, 1.807) is 19.1 Å². The van der Waals surface area contributed by atoms with E-state index in [4.69, 9.17) is 0 Å². The predicted octanol–water partition coefficient (Wildman–Crippen LogP) is 3.75. The van der Waals surface area contributed by atoms with Crippen LogP contribution >= 0.6 is 0 Å². The van der Waals surface area contributed by atoms with E-state index in [0.717, 1.165) is 11.6 Å². The zero-order valence-corrected chi connectivity index (χ0v) is 14.3. The summed E-state index contributed by atoms with van der Waals surface area (Å²) in [4.78, 5) is 12.0. The highest BCUT2D eigenvalue weighted by molar-refractivity contribution is 5.92. The molecule has 2 rings (SSSR count). The van der Waals surface area contributed by atoms with Gasteiger partial charge in [0, 0.05) is 19.0 Å². The van der Waals surface area contributed by atoms with Gasteiger partial charge >= 0.3 is 6.18 Å². The molecule has 0 aliphatic carbocycles. The van der Waals surface area contributed by atoms with Crippen LogP contribution in [0.5, 0.6) is 0 Å². The van der Waals surface area contributed by atoms with E-state index in [2.05, 4.69) is 10.6 Å². The fourth-order valence-corrected chi connectivity index (χ4v) is 2.50. The Morgan fingerprint density at radius 3 is 2.35 bits per heavy atom. The van der Waals surface area contributed by atoms with Crippen LogP contribution in [-0.2, 0) is 11.0 Å². The molecule has 2 aromatic carbocycles. The molecule has 26 heavy (non-hydrogen) atoms. The number of hydrogen-bond donors (Lipinski definition) is 3. The Balaban J connectivity index is 1.86. The van der Waals surface area contributed by atoms with Crippen molar-refractivity contribution in [2.45, 2.75) is 31.7 Å². The van der Waals surface area contributed by atoms with E-state index < -0.39 is 23.8 Å². The third kappa shape index (κ3) is 5.86. The van der Waals surface area contributed by atoms with Crippen LogP contribution in [0.25, 0.3) is 0 Å². The van der Waals surface area contributed by atoms with E-state index in [-0.39, 0.29) is 24.7 Å². The van der Waals surface area contributed by atoms with Crippen LogP contribution in [0.3, 0.4) is 0 Å². The van der Waals surface area contributed by atoms with Crippen molar-refractivity contribution in [1.29, 1.82) is 0 Å². The standard InChI is InChI=1S/C19H21F3N2O2/c1-13(23-12-17(25)14-7-3-2-4-8-14)11-18(26)24-16-10-6-5-9-15(16)19(20,21)22/h2-10,13,17,23,25H,11-12H2,1H3,(H,24,26). The van der Waals surface area contributed by atoms with Gasteiger partial charge in [-0.1, -0.05) is 42.5 Å². The first-order valence-electron chi connectivity index (χ1n) is 8.20. The molecule has 0 heterocycles. The third-order valence-electron chi connectivity index (χ3n) is 3.84. The number of hydrogen-bond acceptors (Lipinski definition) is 3. The molecule has 2 aromatic rings. The topological polar surface area (TPSA) is 61.4 Å². The van der Waals surface area contributed by atoms with Crippen molar-refractivity contribution in [2.24, 2.45) is 0 Å². The SMILES string of the molecule is CC(CC(=O)Nc1ccccc1C(F)(F)F)NCC(O)c1ccccc1. The number of aliphatic hydroxyl groups is 1. The highest BCUT2D eigenvalue weighted by Gasteiger charge is 2.33. The number of nitrogens with one attached hydrogen (secondary N) is 2. The Morgan fingerprint density at radius 1 is 1.08 bits per heavy atom. The van der Waals surface area contributed by atoms with Gasteiger partial charge in [0.05, 0.1) is 17.4 Å². The van der Waals surface area contributed by atoms with Crippen LogP contribution in [0, 0.1) is 0 Å². The Kier molecular flexibility index (Phi) is 6.76. The second-order valence-corrected chi connectivity index (χ2v) is 6.03. The number of rotatable bonds is 7. The summed E-state index contributed by atoms with van der Waals surface area (Å²) in [5.74, 6) is -0.532. The molecule has 2 atom stereocenters. The molecule has 0 aliphatic heterocycles. The molecule has 0 saturated heterocycles. The van der Waals surface area contributed by atoms with Gasteiger partial charge in [-0.3, -0.25) is 4.79 Å². The Morgan fingerprint density at radius 2 is 1.69 bits per heavy atom. The van der Waals surface area contributed by atoms with Crippen LogP contribution in [0.2, 0.25) is 0 Å². The summed E-state index contributed by atoms with van der Waals surface area (Å²) in [5, 5.41) is 15.4. The number of aliphatic hydroxyl groups excluding tert-OH is 1. The first-order chi connectivity index (χ1) is 12.3. The lowest BCUT2D eigenvalue weighted by Gasteiger charge is -2.18. The minimum Gasteiger partial charge on any atom is -0.387 e. The molecular weight excluding hydrogens is 345 g/mol. The summed E-state index contributed by atoms with van der Waals surface area (Å²) in [7, 11) is 0. The summed E-state index contributed by atoms with van der Waals surface area (Å²) in [5.41, 5.74) is -0.397. The lowest BCUT2D eigenvalue weighted by Crippen LogP contribution is -2.33. The average molecular weight is 366 g/mol. The maximum atomic E-state index is 12.9. The lowest BCUT2D eigenvalue weighted by atomic mass is 10.1. The van der Waals surface area contributed by atoms with Crippen molar-refractivity contribution in [3.63, 3.8) is 0 Å². The second-order valence-electron chi connectivity index (χ2n) is 6.03. The van der Waals surface area contributed by atoms with E-state index >= 15 is 0 Å². The summed E-state index contributed by atoms with van der Waals surface area (Å²) >= 11 is 0. The molecule has 2 unspecified atom stereocenters. The number of alkyl halides is 3. The van der Waals surface area contributed by atoms with Crippen LogP contribution in [0.1, 0.15) is 30.6 Å². The van der Waals surface area contributed by atoms with Gasteiger partial charge < -0.3 is 15.7 Å². The molecule has 7 heteroatoms. The Labute approximate surface area is 150 Å². The van der Waals surface area contributed by atoms with Gasteiger partial charge in [0.25, 0.3) is 0 Å². The van der Waals surface area contributed by atoms with E-state index in [1.165, 1.54) is 18.2 Å². The van der Waals surface area contributed by atoms with E-state index in [9.17, 15) is 23.1 Å². The highest BCUT2D eigenvalue weighted by Crippen LogP contribution is 2.34. The van der Waals surface area contributed by atoms with Crippen LogP contribution < -0.4 is 10.6 Å². The number of carbonyl (C=O) groups is 1. The lowest BCUT2D eigenvalue weighted by molar-refractivity contribution is -0.137. The first kappa shape index (κ1) is 19.9. The number of para-hydroxylation sites is 1. The predicted molar refractivity (Wildman–Crippen MR) is 93.6 cm³/mol. The molecule has 0 radical (unpaired) electrons. The quantitative estimate of drug-likeness (QED) is 0.699. The molecule has 0 aliphatic rings. The van der Waals surface area contributed by atoms with Crippen molar-refractivity contribution in [3.05, 3.63) is 65.7 Å². The summed E-state index contributed by atoms with van der Waals surface area (Å²) in [6, 6.07) is 13.6. The molecule has 0 fully saturated rings. The third-order valence-corrected chi connectivity index (χ3v) is 3.84. The summed E-state index contributed by atoms with van der Waals surface area (Å²) in [6.07, 6.45) is -5.28. The van der Waals surface area contributed by atoms with Gasteiger partial charge in [-0.05, 0) is 24.6 Å². The fraction of sp³-hybridized carbons (Fsp3) is 0.316. The molecule has 0 bridgehead atoms. The van der Waals surface area contributed by atoms with Crippen molar-refractivity contribution in [1.82, 2.24) is 5.32 Å². The highest BCUT2D eigenvalue weighted by atomic mass is 19.4. The average Bonchev–Trinajstić information content (AvgIpc) is 2.60. The zero-order valence-electron chi connectivity index (χ0n) is 14.3. The molecule has 0 spiro atoms. The smallest absolute Gasteiger partial charge is 0.387 e. The maximum absolute atomic E-state index is 12.9. The number of anilines is 1. The first-order valence-corrected chi connectivity index (χ1v) is 8.20. The number of halogens is 3. The van der Waals surface area contributed by atoms with Gasteiger partial charge in [0.1, 0.15) is 0 Å². The minimum absolute atomic E-state index is 0.0201. The number of carbonyl (C=O) groups excluding carboxylic acids is 1. The van der Waals surface area contributed by atoms with Crippen molar-refractivity contribution >= 4 is 11.6 Å². The van der Waals surface area contributed by atoms with Crippen LogP contribution in [-0.4, -0.2) is 23.6 Å². The largest absolute Gasteiger partial charge is 0.418 e. The number of amides is 1. The monoisotopic (exact) mass is 366 g/mol. The zero-order chi connectivity index (χ0) is 19.2. The summed E-state index contributed by atoms with van der Waals surface area (Å²) < 4.78 is 38.8. The number of benzene rings is 2. The second kappa shape index (κ2) is 8.82. The van der Waals surface area contributed by atoms with Gasteiger partial charge in [0.2, 0.25) is 5.91 Å². The maximum Gasteiger partial charge on any atom is 0.418 e. The molecule has 4 nitrogen and oxygen atoms in total. The molecule has 3 N–H and O–H groups in total. The molecule has 0 saturated carbocycles. The van der Waals surface area contributed by atoms with E-state index in [0.29, 0.717) is 0 Å². The normalized spacial score (nSPS) is 13.9. The fourth-order valence-electron chi connectivity index (χ4n) is 2.50. The van der Waals surface area contributed by atoms with Crippen LogP contribution in [0.4, 0.5) is 18.9 Å². The van der Waals surface area contributed by atoms with Crippen molar-refractivity contribution in [2.75, 3.05) is 11.9 Å². The Bertz CT molecular complexity index is 720. The van der Waals surface area contributed by atoms with Crippen molar-refractivity contribution in [3.8, 4) is 0 Å².